The van der Waals surface area contributed by atoms with E-state index in [4.69, 9.17) is 4.74 Å². The highest BCUT2D eigenvalue weighted by atomic mass is 16.5. The maximum Gasteiger partial charge on any atom is 0.132 e. The molecule has 0 fully saturated rings. The summed E-state index contributed by atoms with van der Waals surface area (Å²) in [5.41, 5.74) is 13.8. The lowest BCUT2D eigenvalue weighted by atomic mass is 9.65. The van der Waals surface area contributed by atoms with Crippen molar-refractivity contribution in [1.82, 2.24) is 9.13 Å². The van der Waals surface area contributed by atoms with Crippen molar-refractivity contribution in [3.63, 3.8) is 0 Å². The molecule has 11 aromatic rings. The van der Waals surface area contributed by atoms with E-state index in [1.165, 1.54) is 87.9 Å². The summed E-state index contributed by atoms with van der Waals surface area (Å²) < 4.78 is 11.9. The molecule has 9 aromatic carbocycles. The summed E-state index contributed by atoms with van der Waals surface area (Å²) in [4.78, 5) is 0. The van der Waals surface area contributed by atoms with E-state index in [9.17, 15) is 0 Å². The third kappa shape index (κ3) is 3.67. The molecule has 0 bridgehead atoms. The standard InChI is InChI=1S/C53H32N2O/c1-2-15-35-33(14-1)28-31-50-52(35)53(41-20-7-12-27-49(41)56-50)42-21-13-26-48(55-46-24-10-5-18-38(46)39-19-6-11-25-47(39)55)51(42)40-30-29-34(32-43(40)53)54-44-22-8-3-16-36(44)37-17-4-9-23-45(37)54/h1-32H. The van der Waals surface area contributed by atoms with E-state index >= 15 is 0 Å². The number of hydrogen-bond donors (Lipinski definition) is 0. The number of para-hydroxylation sites is 5. The molecule has 3 heterocycles. The second-order valence-electron chi connectivity index (χ2n) is 15.2. The van der Waals surface area contributed by atoms with Crippen molar-refractivity contribution >= 4 is 54.4 Å². The Morgan fingerprint density at radius 2 is 0.929 bits per heavy atom. The van der Waals surface area contributed by atoms with Crippen LogP contribution in [0.1, 0.15) is 22.3 Å². The summed E-state index contributed by atoms with van der Waals surface area (Å²) in [5.74, 6) is 1.78. The largest absolute Gasteiger partial charge is 0.457 e. The van der Waals surface area contributed by atoms with Gasteiger partial charge in [-0.3, -0.25) is 0 Å². The first-order valence-electron chi connectivity index (χ1n) is 19.4. The Morgan fingerprint density at radius 3 is 1.61 bits per heavy atom. The van der Waals surface area contributed by atoms with Crippen LogP contribution in [0.15, 0.2) is 194 Å². The molecule has 0 amide bonds. The van der Waals surface area contributed by atoms with Gasteiger partial charge in [0.25, 0.3) is 0 Å². The van der Waals surface area contributed by atoms with Crippen LogP contribution in [0.2, 0.25) is 0 Å². The van der Waals surface area contributed by atoms with Crippen LogP contribution >= 0.6 is 0 Å². The number of nitrogens with zero attached hydrogens (tertiary/aromatic N) is 2. The monoisotopic (exact) mass is 712 g/mol. The number of fused-ring (bicyclic) bond motifs is 17. The summed E-state index contributed by atoms with van der Waals surface area (Å²) in [7, 11) is 0. The molecule has 13 rings (SSSR count). The topological polar surface area (TPSA) is 19.1 Å². The van der Waals surface area contributed by atoms with Crippen LogP contribution in [0, 0.1) is 0 Å². The molecule has 1 atom stereocenters. The van der Waals surface area contributed by atoms with Gasteiger partial charge in [0.05, 0.1) is 33.2 Å². The van der Waals surface area contributed by atoms with E-state index in [-0.39, 0.29) is 0 Å². The average molecular weight is 713 g/mol. The van der Waals surface area contributed by atoms with Crippen molar-refractivity contribution in [3.05, 3.63) is 216 Å². The average Bonchev–Trinajstić information content (AvgIpc) is 3.88. The maximum atomic E-state index is 6.93. The van der Waals surface area contributed by atoms with Crippen LogP contribution in [0.4, 0.5) is 0 Å². The molecule has 1 aliphatic carbocycles. The van der Waals surface area contributed by atoms with Gasteiger partial charge in [-0.2, -0.15) is 0 Å². The molecule has 2 aliphatic rings. The zero-order valence-corrected chi connectivity index (χ0v) is 30.3. The van der Waals surface area contributed by atoms with Gasteiger partial charge in [-0.15, -0.1) is 0 Å². The van der Waals surface area contributed by atoms with E-state index in [1.54, 1.807) is 0 Å². The van der Waals surface area contributed by atoms with Gasteiger partial charge in [0, 0.05) is 43.9 Å². The number of aromatic nitrogens is 2. The fourth-order valence-corrected chi connectivity index (χ4v) is 10.5. The fraction of sp³-hybridized carbons (Fsp3) is 0.0189. The molecular formula is C53H32N2O. The normalized spacial score (nSPS) is 15.4. The van der Waals surface area contributed by atoms with Gasteiger partial charge >= 0.3 is 0 Å². The molecule has 2 aromatic heterocycles. The molecule has 56 heavy (non-hydrogen) atoms. The molecule has 3 heteroatoms. The lowest BCUT2D eigenvalue weighted by Crippen LogP contribution is -2.32. The van der Waals surface area contributed by atoms with Gasteiger partial charge in [-0.25, -0.2) is 0 Å². The SMILES string of the molecule is c1ccc2c(c1)Oc1ccc3ccccc3c1C21c2cc(-n3c4ccccc4c4ccccc43)ccc2-c2c(-n3c4ccccc4c4ccccc43)cccc21. The van der Waals surface area contributed by atoms with Crippen molar-refractivity contribution in [1.29, 1.82) is 0 Å². The smallest absolute Gasteiger partial charge is 0.132 e. The molecule has 1 unspecified atom stereocenters. The number of ether oxygens (including phenoxy) is 1. The second kappa shape index (κ2) is 10.9. The van der Waals surface area contributed by atoms with Crippen molar-refractivity contribution in [2.24, 2.45) is 0 Å². The van der Waals surface area contributed by atoms with E-state index in [0.29, 0.717) is 0 Å². The second-order valence-corrected chi connectivity index (χ2v) is 15.2. The van der Waals surface area contributed by atoms with Crippen LogP contribution in [-0.2, 0) is 5.41 Å². The predicted molar refractivity (Wildman–Crippen MR) is 230 cm³/mol. The van der Waals surface area contributed by atoms with Crippen molar-refractivity contribution in [2.75, 3.05) is 0 Å². The maximum absolute atomic E-state index is 6.93. The van der Waals surface area contributed by atoms with Crippen molar-refractivity contribution < 1.29 is 4.74 Å². The summed E-state index contributed by atoms with van der Waals surface area (Å²) in [6.07, 6.45) is 0. The third-order valence-corrected chi connectivity index (χ3v) is 12.6. The first-order chi connectivity index (χ1) is 27.8. The Bertz CT molecular complexity index is 3370. The Morgan fingerprint density at radius 1 is 0.375 bits per heavy atom. The van der Waals surface area contributed by atoms with Gasteiger partial charge in [0.2, 0.25) is 0 Å². The van der Waals surface area contributed by atoms with Crippen LogP contribution in [0.3, 0.4) is 0 Å². The Balaban J connectivity index is 1.23. The number of benzene rings is 9. The molecule has 0 radical (unpaired) electrons. The third-order valence-electron chi connectivity index (χ3n) is 12.6. The highest BCUT2D eigenvalue weighted by molar-refractivity contribution is 6.11. The minimum Gasteiger partial charge on any atom is -0.457 e. The van der Waals surface area contributed by atoms with Crippen molar-refractivity contribution in [2.45, 2.75) is 5.41 Å². The minimum absolute atomic E-state index is 0.681. The summed E-state index contributed by atoms with van der Waals surface area (Å²) >= 11 is 0. The molecular weight excluding hydrogens is 681 g/mol. The van der Waals surface area contributed by atoms with Crippen LogP contribution in [0.25, 0.3) is 76.9 Å². The quantitative estimate of drug-likeness (QED) is 0.175. The first kappa shape index (κ1) is 30.0. The zero-order valence-electron chi connectivity index (χ0n) is 30.3. The molecule has 3 nitrogen and oxygen atoms in total. The lowest BCUT2D eigenvalue weighted by Gasteiger charge is -2.40. The summed E-state index contributed by atoms with van der Waals surface area (Å²) in [6.45, 7) is 0. The van der Waals surface area contributed by atoms with Gasteiger partial charge in [0.1, 0.15) is 11.5 Å². The molecule has 260 valence electrons. The molecule has 1 spiro atoms. The van der Waals surface area contributed by atoms with E-state index in [2.05, 4.69) is 203 Å². The van der Waals surface area contributed by atoms with Crippen LogP contribution in [-0.4, -0.2) is 9.13 Å². The van der Waals surface area contributed by atoms with Gasteiger partial charge in [-0.1, -0.05) is 140 Å². The van der Waals surface area contributed by atoms with Crippen LogP contribution in [0.5, 0.6) is 11.5 Å². The number of hydrogen-bond acceptors (Lipinski definition) is 1. The molecule has 0 saturated heterocycles. The zero-order chi connectivity index (χ0) is 36.5. The van der Waals surface area contributed by atoms with Gasteiger partial charge in [-0.05, 0) is 82.1 Å². The van der Waals surface area contributed by atoms with E-state index < -0.39 is 5.41 Å². The van der Waals surface area contributed by atoms with Gasteiger partial charge < -0.3 is 13.9 Å². The predicted octanol–water partition coefficient (Wildman–Crippen LogP) is 13.5. The summed E-state index contributed by atoms with van der Waals surface area (Å²) in [5, 5.41) is 7.40. The fourth-order valence-electron chi connectivity index (χ4n) is 10.5. The molecule has 1 aliphatic heterocycles. The first-order valence-corrected chi connectivity index (χ1v) is 19.4. The van der Waals surface area contributed by atoms with Crippen molar-refractivity contribution in [3.8, 4) is 34.0 Å². The Hall–Kier alpha value is -7.36. The van der Waals surface area contributed by atoms with Gasteiger partial charge in [0.15, 0.2) is 0 Å². The van der Waals surface area contributed by atoms with E-state index in [0.717, 1.165) is 22.7 Å². The highest BCUT2D eigenvalue weighted by Gasteiger charge is 2.53. The Kier molecular flexibility index (Phi) is 5.83. The number of rotatable bonds is 2. The minimum atomic E-state index is -0.681. The van der Waals surface area contributed by atoms with Crippen LogP contribution < -0.4 is 4.74 Å². The summed E-state index contributed by atoms with van der Waals surface area (Å²) in [6, 6.07) is 71.3. The lowest BCUT2D eigenvalue weighted by molar-refractivity contribution is 0.438. The van der Waals surface area contributed by atoms with E-state index in [1.807, 2.05) is 0 Å². The molecule has 0 N–H and O–H groups in total. The Labute approximate surface area is 322 Å². The molecule has 0 saturated carbocycles. The highest BCUT2D eigenvalue weighted by Crippen LogP contribution is 2.64.